The average Bonchev–Trinajstić information content (AvgIpc) is 2.95. The summed E-state index contributed by atoms with van der Waals surface area (Å²) in [6, 6.07) is -0.243. The highest BCUT2D eigenvalue weighted by Gasteiger charge is 2.35. The Morgan fingerprint density at radius 3 is 2.56 bits per heavy atom. The first kappa shape index (κ1) is 21.5. The number of imidazole rings is 1. The number of amides is 2. The molecule has 9 heteroatoms. The van der Waals surface area contributed by atoms with E-state index in [1.54, 1.807) is 12.0 Å². The van der Waals surface area contributed by atoms with Crippen molar-refractivity contribution in [3.8, 4) is 0 Å². The number of aromatic amines is 1. The van der Waals surface area contributed by atoms with Gasteiger partial charge in [-0.25, -0.2) is 9.78 Å². The highest BCUT2D eigenvalue weighted by molar-refractivity contribution is 6.30. The lowest BCUT2D eigenvalue weighted by atomic mass is 10.0. The lowest BCUT2D eigenvalue weighted by molar-refractivity contribution is -0.0172. The monoisotopic (exact) mass is 400 g/mol. The Morgan fingerprint density at radius 1 is 1.37 bits per heavy atom. The van der Waals surface area contributed by atoms with Crippen LogP contribution in [-0.2, 0) is 9.47 Å². The molecule has 0 radical (unpaired) electrons. The van der Waals surface area contributed by atoms with Gasteiger partial charge in [-0.3, -0.25) is 4.79 Å². The Morgan fingerprint density at radius 2 is 2.04 bits per heavy atom. The Bertz CT molecular complexity index is 683. The minimum absolute atomic E-state index is 0.135. The van der Waals surface area contributed by atoms with Crippen molar-refractivity contribution >= 4 is 23.6 Å². The number of halogens is 1. The van der Waals surface area contributed by atoms with E-state index in [1.807, 2.05) is 34.6 Å². The number of hydrogen-bond acceptors (Lipinski definition) is 5. The number of nitrogens with one attached hydrogen (secondary N) is 2. The minimum atomic E-state index is -0.558. The quantitative estimate of drug-likeness (QED) is 0.809. The van der Waals surface area contributed by atoms with Crippen molar-refractivity contribution < 1.29 is 19.1 Å². The zero-order chi connectivity index (χ0) is 20.4. The lowest BCUT2D eigenvalue weighted by Gasteiger charge is -2.38. The van der Waals surface area contributed by atoms with Crippen LogP contribution in [0.2, 0.25) is 5.15 Å². The minimum Gasteiger partial charge on any atom is -0.444 e. The SMILES string of the molecule is COC1CN(C(=O)OC(C)(C)C)CCC1NC(=O)c1nc(Cl)c(C(C)C)[nH]1. The summed E-state index contributed by atoms with van der Waals surface area (Å²) in [5.41, 5.74) is 0.169. The Kier molecular flexibility index (Phi) is 6.75. The fraction of sp³-hybridized carbons (Fsp3) is 0.722. The molecular weight excluding hydrogens is 372 g/mol. The number of carbonyl (C=O) groups excluding carboxylic acids is 2. The average molecular weight is 401 g/mol. The topological polar surface area (TPSA) is 96.6 Å². The summed E-state index contributed by atoms with van der Waals surface area (Å²) in [5, 5.41) is 3.23. The molecule has 2 atom stereocenters. The van der Waals surface area contributed by atoms with E-state index in [-0.39, 0.29) is 35.9 Å². The third-order valence-electron chi connectivity index (χ3n) is 4.31. The van der Waals surface area contributed by atoms with E-state index in [4.69, 9.17) is 21.1 Å². The fourth-order valence-electron chi connectivity index (χ4n) is 2.91. The van der Waals surface area contributed by atoms with Crippen LogP contribution in [0.4, 0.5) is 4.79 Å². The molecule has 0 bridgehead atoms. The van der Waals surface area contributed by atoms with Gasteiger partial charge in [-0.2, -0.15) is 0 Å². The van der Waals surface area contributed by atoms with E-state index in [1.165, 1.54) is 0 Å². The largest absolute Gasteiger partial charge is 0.444 e. The molecule has 1 aliphatic heterocycles. The van der Waals surface area contributed by atoms with Crippen LogP contribution in [0.25, 0.3) is 0 Å². The predicted molar refractivity (Wildman–Crippen MR) is 102 cm³/mol. The molecule has 0 saturated carbocycles. The predicted octanol–water partition coefficient (Wildman–Crippen LogP) is 2.94. The van der Waals surface area contributed by atoms with Gasteiger partial charge >= 0.3 is 6.09 Å². The zero-order valence-electron chi connectivity index (χ0n) is 16.8. The van der Waals surface area contributed by atoms with Gasteiger partial charge in [0.25, 0.3) is 5.91 Å². The molecule has 2 heterocycles. The van der Waals surface area contributed by atoms with E-state index in [0.29, 0.717) is 24.7 Å². The van der Waals surface area contributed by atoms with Crippen molar-refractivity contribution in [2.24, 2.45) is 0 Å². The number of nitrogens with zero attached hydrogens (tertiary/aromatic N) is 2. The number of rotatable bonds is 4. The number of likely N-dealkylation sites (tertiary alicyclic amines) is 1. The van der Waals surface area contributed by atoms with E-state index < -0.39 is 5.60 Å². The molecule has 2 rings (SSSR count). The Labute approximate surface area is 164 Å². The van der Waals surface area contributed by atoms with Crippen molar-refractivity contribution in [3.63, 3.8) is 0 Å². The summed E-state index contributed by atoms with van der Waals surface area (Å²) in [6.45, 7) is 10.2. The normalized spacial score (nSPS) is 20.7. The van der Waals surface area contributed by atoms with Crippen molar-refractivity contribution in [2.45, 2.75) is 64.7 Å². The number of aromatic nitrogens is 2. The third kappa shape index (κ3) is 5.59. The summed E-state index contributed by atoms with van der Waals surface area (Å²) >= 11 is 6.08. The first-order valence-electron chi connectivity index (χ1n) is 9.08. The number of ether oxygens (including phenoxy) is 2. The maximum Gasteiger partial charge on any atom is 0.410 e. The van der Waals surface area contributed by atoms with Crippen LogP contribution in [0, 0.1) is 0 Å². The van der Waals surface area contributed by atoms with Crippen molar-refractivity contribution in [1.82, 2.24) is 20.2 Å². The Hall–Kier alpha value is -1.80. The second kappa shape index (κ2) is 8.48. The van der Waals surface area contributed by atoms with Crippen LogP contribution in [0.15, 0.2) is 0 Å². The molecule has 1 fully saturated rings. The van der Waals surface area contributed by atoms with E-state index >= 15 is 0 Å². The first-order valence-corrected chi connectivity index (χ1v) is 9.46. The molecule has 0 aromatic carbocycles. The molecule has 1 aromatic heterocycles. The number of H-pyrrole nitrogens is 1. The number of piperidine rings is 1. The summed E-state index contributed by atoms with van der Waals surface area (Å²) in [4.78, 5) is 33.5. The molecule has 1 saturated heterocycles. The van der Waals surface area contributed by atoms with Crippen molar-refractivity contribution in [1.29, 1.82) is 0 Å². The van der Waals surface area contributed by atoms with Crippen LogP contribution >= 0.6 is 11.6 Å². The van der Waals surface area contributed by atoms with Gasteiger partial charge in [0.05, 0.1) is 24.4 Å². The third-order valence-corrected chi connectivity index (χ3v) is 4.60. The maximum absolute atomic E-state index is 12.5. The molecular formula is C18H29ClN4O4. The van der Waals surface area contributed by atoms with Gasteiger partial charge in [-0.05, 0) is 33.1 Å². The highest BCUT2D eigenvalue weighted by Crippen LogP contribution is 2.22. The van der Waals surface area contributed by atoms with E-state index in [2.05, 4.69) is 15.3 Å². The molecule has 2 unspecified atom stereocenters. The standard InChI is InChI=1S/C18H29ClN4O4/c1-10(2)13-14(19)22-15(21-13)16(24)20-11-7-8-23(9-12(11)26-6)17(25)27-18(3,4)5/h10-12H,7-9H2,1-6H3,(H,20,24)(H,21,22). The maximum atomic E-state index is 12.5. The number of carbonyl (C=O) groups is 2. The molecule has 1 aromatic rings. The van der Waals surface area contributed by atoms with Crippen LogP contribution in [0.3, 0.4) is 0 Å². The van der Waals surface area contributed by atoms with Gasteiger partial charge in [-0.15, -0.1) is 0 Å². The molecule has 2 amide bonds. The van der Waals surface area contributed by atoms with Crippen LogP contribution in [0.1, 0.15) is 63.3 Å². The fourth-order valence-corrected chi connectivity index (χ4v) is 3.26. The number of methoxy groups -OCH3 is 1. The van der Waals surface area contributed by atoms with Crippen molar-refractivity contribution in [2.75, 3.05) is 20.2 Å². The molecule has 0 spiro atoms. The van der Waals surface area contributed by atoms with Gasteiger partial charge in [0, 0.05) is 13.7 Å². The van der Waals surface area contributed by atoms with Gasteiger partial charge in [0.15, 0.2) is 11.0 Å². The second-order valence-electron chi connectivity index (χ2n) is 8.01. The van der Waals surface area contributed by atoms with Gasteiger partial charge in [-0.1, -0.05) is 25.4 Å². The van der Waals surface area contributed by atoms with Crippen molar-refractivity contribution in [3.05, 3.63) is 16.7 Å². The molecule has 8 nitrogen and oxygen atoms in total. The van der Waals surface area contributed by atoms with Crippen LogP contribution in [0.5, 0.6) is 0 Å². The van der Waals surface area contributed by atoms with Crippen LogP contribution < -0.4 is 5.32 Å². The van der Waals surface area contributed by atoms with E-state index in [0.717, 1.165) is 5.69 Å². The summed E-state index contributed by atoms with van der Waals surface area (Å²) < 4.78 is 10.9. The number of hydrogen-bond donors (Lipinski definition) is 2. The Balaban J connectivity index is 2.00. The molecule has 1 aliphatic rings. The molecule has 2 N–H and O–H groups in total. The molecule has 152 valence electrons. The highest BCUT2D eigenvalue weighted by atomic mass is 35.5. The van der Waals surface area contributed by atoms with Gasteiger partial charge in [0.2, 0.25) is 0 Å². The summed E-state index contributed by atoms with van der Waals surface area (Å²) in [6.07, 6.45) is -0.173. The second-order valence-corrected chi connectivity index (χ2v) is 8.37. The lowest BCUT2D eigenvalue weighted by Crippen LogP contribution is -2.56. The van der Waals surface area contributed by atoms with E-state index in [9.17, 15) is 9.59 Å². The van der Waals surface area contributed by atoms with Crippen LogP contribution in [-0.4, -0.2) is 64.8 Å². The molecule has 0 aliphatic carbocycles. The summed E-state index contributed by atoms with van der Waals surface area (Å²) in [7, 11) is 1.56. The van der Waals surface area contributed by atoms with Gasteiger partial charge in [0.1, 0.15) is 5.60 Å². The smallest absolute Gasteiger partial charge is 0.410 e. The molecule has 27 heavy (non-hydrogen) atoms. The van der Waals surface area contributed by atoms with Gasteiger partial charge < -0.3 is 24.7 Å². The zero-order valence-corrected chi connectivity index (χ0v) is 17.5. The first-order chi connectivity index (χ1) is 12.5. The summed E-state index contributed by atoms with van der Waals surface area (Å²) in [5.74, 6) is -0.0370.